The van der Waals surface area contributed by atoms with Crippen LogP contribution < -0.4 is 15.6 Å². The molecule has 0 bridgehead atoms. The van der Waals surface area contributed by atoms with Crippen LogP contribution in [0.5, 0.6) is 5.75 Å². The van der Waals surface area contributed by atoms with E-state index in [1.165, 1.54) is 0 Å². The second kappa shape index (κ2) is 14.1. The Labute approximate surface area is 223 Å². The first-order chi connectivity index (χ1) is 15.7. The third-order valence-corrected chi connectivity index (χ3v) is 5.20. The van der Waals surface area contributed by atoms with Crippen LogP contribution in [0.2, 0.25) is 0 Å². The van der Waals surface area contributed by atoms with E-state index in [4.69, 9.17) is 30.0 Å². The average Bonchev–Trinajstić information content (AvgIpc) is 3.07. The molecule has 8 nitrogen and oxygen atoms in total. The Morgan fingerprint density at radius 3 is 2.26 bits per heavy atom. The quantitative estimate of drug-likeness (QED) is 0.173. The zero-order valence-electron chi connectivity index (χ0n) is 20.4. The van der Waals surface area contributed by atoms with E-state index in [9.17, 15) is 0 Å². The van der Waals surface area contributed by atoms with E-state index < -0.39 is 0 Å². The molecule has 0 fully saturated rings. The van der Waals surface area contributed by atoms with Crippen LogP contribution in [0.15, 0.2) is 50.5 Å². The number of amidine groups is 2. The van der Waals surface area contributed by atoms with Gasteiger partial charge < -0.3 is 34.6 Å². The fraction of sp³-hybridized carbons (Fsp3) is 0.391. The predicted molar refractivity (Wildman–Crippen MR) is 143 cm³/mol. The van der Waals surface area contributed by atoms with Gasteiger partial charge in [0.2, 0.25) is 0 Å². The van der Waals surface area contributed by atoms with Crippen molar-refractivity contribution in [2.45, 2.75) is 40.7 Å². The van der Waals surface area contributed by atoms with E-state index in [0.717, 1.165) is 28.3 Å². The number of hydrogen-bond acceptors (Lipinski definition) is 7. The molecule has 0 spiro atoms. The number of rotatable bonds is 8. The standard InChI is InChI=1S/C23H33N7OS2.Cu/c1-8-24-22(32)28-26-15(4)21(27-29-23(33)25-14(2)3)19-13-20(30(6)16(19)5)17-9-11-18(31-7)12-10-17;/h9-14H,8H2,1-7H3,(H2,24,28,32)(H2,25,29,33);/q;+2/p-2/b26-15+,27-21-;. The Morgan fingerprint density at radius 2 is 1.71 bits per heavy atom. The zero-order valence-corrected chi connectivity index (χ0v) is 23.0. The summed E-state index contributed by atoms with van der Waals surface area (Å²) in [4.78, 5) is 8.45. The minimum absolute atomic E-state index is 0. The monoisotopic (exact) mass is 548 g/mol. The van der Waals surface area contributed by atoms with Gasteiger partial charge in [0, 0.05) is 36.6 Å². The predicted octanol–water partition coefficient (Wildman–Crippen LogP) is 3.50. The van der Waals surface area contributed by atoms with Crippen LogP contribution >= 0.6 is 0 Å². The molecule has 34 heavy (non-hydrogen) atoms. The van der Waals surface area contributed by atoms with E-state index in [2.05, 4.69) is 41.7 Å². The van der Waals surface area contributed by atoms with Crippen LogP contribution in [-0.2, 0) is 49.4 Å². The summed E-state index contributed by atoms with van der Waals surface area (Å²) in [7, 11) is 3.67. The molecule has 2 aromatic rings. The number of nitrogens with one attached hydrogen (secondary N) is 2. The third-order valence-electron chi connectivity index (χ3n) is 4.78. The van der Waals surface area contributed by atoms with Gasteiger partial charge in [0.15, 0.2) is 0 Å². The molecule has 1 radical (unpaired) electrons. The maximum atomic E-state index is 5.30. The summed E-state index contributed by atoms with van der Waals surface area (Å²) < 4.78 is 7.40. The summed E-state index contributed by atoms with van der Waals surface area (Å²) in [6, 6.07) is 10.1. The van der Waals surface area contributed by atoms with Gasteiger partial charge in [0.05, 0.1) is 12.8 Å². The van der Waals surface area contributed by atoms with Gasteiger partial charge in [-0.2, -0.15) is 10.2 Å². The molecule has 0 saturated carbocycles. The van der Waals surface area contributed by atoms with Gasteiger partial charge in [-0.15, -0.1) is 0 Å². The Hall–Kier alpha value is -2.46. The maximum absolute atomic E-state index is 5.30. The van der Waals surface area contributed by atoms with E-state index in [0.29, 0.717) is 28.3 Å². The molecule has 2 rings (SSSR count). The van der Waals surface area contributed by atoms with Crippen LogP contribution in [0.1, 0.15) is 39.0 Å². The van der Waals surface area contributed by atoms with Gasteiger partial charge in [-0.3, -0.25) is 20.8 Å². The summed E-state index contributed by atoms with van der Waals surface area (Å²) in [5.41, 5.74) is 10.9. The first-order valence-corrected chi connectivity index (χ1v) is 11.4. The van der Waals surface area contributed by atoms with Crippen molar-refractivity contribution in [3.05, 3.63) is 41.6 Å². The van der Waals surface area contributed by atoms with Crippen LogP contribution in [0.25, 0.3) is 11.3 Å². The molecule has 0 aliphatic carbocycles. The van der Waals surface area contributed by atoms with Crippen molar-refractivity contribution < 1.29 is 21.8 Å². The first-order valence-electron chi connectivity index (χ1n) is 10.6. The Kier molecular flexibility index (Phi) is 12.2. The molecule has 1 aromatic heterocycles. The Balaban J connectivity index is 0.00000578. The molecule has 0 amide bonds. The van der Waals surface area contributed by atoms with Crippen molar-refractivity contribution in [2.24, 2.45) is 27.2 Å². The normalized spacial score (nSPS) is 13.1. The van der Waals surface area contributed by atoms with E-state index in [1.807, 2.05) is 65.9 Å². The molecule has 187 valence electrons. The molecule has 0 unspecified atom stereocenters. The third kappa shape index (κ3) is 8.09. The van der Waals surface area contributed by atoms with Gasteiger partial charge in [-0.05, 0) is 80.8 Å². The molecule has 0 aliphatic heterocycles. The molecular formula is C23H31CuN7OS2. The Morgan fingerprint density at radius 1 is 1.09 bits per heavy atom. The number of nitrogens with zero attached hydrogens (tertiary/aromatic N) is 5. The molecule has 11 heteroatoms. The number of ether oxygens (including phenoxy) is 1. The summed E-state index contributed by atoms with van der Waals surface area (Å²) in [6.45, 7) is 10.3. The van der Waals surface area contributed by atoms with Crippen molar-refractivity contribution >= 4 is 47.0 Å². The molecule has 0 aliphatic rings. The number of aromatic nitrogens is 1. The summed E-state index contributed by atoms with van der Waals surface area (Å²) in [5.74, 6) is 0.807. The fourth-order valence-electron chi connectivity index (χ4n) is 3.04. The van der Waals surface area contributed by atoms with Crippen molar-refractivity contribution in [1.29, 1.82) is 0 Å². The Bertz CT molecular complexity index is 1070. The second-order valence-corrected chi connectivity index (χ2v) is 8.28. The number of aliphatic imine (C=N–C) groups is 2. The molecule has 0 atom stereocenters. The van der Waals surface area contributed by atoms with Gasteiger partial charge in [0.1, 0.15) is 11.5 Å². The van der Waals surface area contributed by atoms with Gasteiger partial charge in [-0.25, -0.2) is 0 Å². The van der Waals surface area contributed by atoms with Gasteiger partial charge in [-0.1, -0.05) is 0 Å². The van der Waals surface area contributed by atoms with Crippen molar-refractivity contribution in [1.82, 2.24) is 15.4 Å². The zero-order chi connectivity index (χ0) is 24.5. The smallest absolute Gasteiger partial charge is 0.741 e. The number of methoxy groups -OCH3 is 1. The van der Waals surface area contributed by atoms with Crippen LogP contribution in [0, 0.1) is 6.92 Å². The first kappa shape index (κ1) is 29.6. The van der Waals surface area contributed by atoms with Gasteiger partial charge >= 0.3 is 17.1 Å². The molecular weight excluding hydrogens is 518 g/mol. The SMILES string of the molecule is CCN=C([S-])N/N=C(C)/C(=N/NC([S-])=NC(C)C)c1cc(-c2ccc(OC)cc2)n(C)c1C.[Cu+2]. The maximum Gasteiger partial charge on any atom is 2.00 e. The average molecular weight is 549 g/mol. The molecule has 0 saturated heterocycles. The molecule has 2 N–H and O–H groups in total. The second-order valence-electron chi connectivity index (χ2n) is 7.50. The van der Waals surface area contributed by atoms with Crippen LogP contribution in [-0.4, -0.2) is 46.0 Å². The topological polar surface area (TPSA) is 87.7 Å². The number of hydrazone groups is 2. The summed E-state index contributed by atoms with van der Waals surface area (Å²) in [5, 5.41) is 9.58. The van der Waals surface area contributed by atoms with Crippen molar-refractivity contribution in [3.8, 4) is 17.0 Å². The molecule has 1 heterocycles. The molecule has 1 aromatic carbocycles. The van der Waals surface area contributed by atoms with E-state index >= 15 is 0 Å². The minimum Gasteiger partial charge on any atom is -0.741 e. The van der Waals surface area contributed by atoms with E-state index in [1.54, 1.807) is 7.11 Å². The van der Waals surface area contributed by atoms with Crippen LogP contribution in [0.4, 0.5) is 0 Å². The van der Waals surface area contributed by atoms with Crippen molar-refractivity contribution in [2.75, 3.05) is 13.7 Å². The number of hydrogen-bond donors (Lipinski definition) is 2. The number of benzene rings is 1. The summed E-state index contributed by atoms with van der Waals surface area (Å²) >= 11 is 10.5. The fourth-order valence-corrected chi connectivity index (χ4v) is 3.48. The van der Waals surface area contributed by atoms with Crippen molar-refractivity contribution in [3.63, 3.8) is 0 Å². The summed E-state index contributed by atoms with van der Waals surface area (Å²) in [6.07, 6.45) is 0. The largest absolute Gasteiger partial charge is 2.00 e. The minimum atomic E-state index is 0. The van der Waals surface area contributed by atoms with E-state index in [-0.39, 0.29) is 23.1 Å². The van der Waals surface area contributed by atoms with Crippen LogP contribution in [0.3, 0.4) is 0 Å². The van der Waals surface area contributed by atoms with Gasteiger partial charge in [0.25, 0.3) is 0 Å².